The zero-order valence-corrected chi connectivity index (χ0v) is 11.5. The van der Waals surface area contributed by atoms with Gasteiger partial charge in [0.15, 0.2) is 10.6 Å². The Morgan fingerprint density at radius 1 is 1.22 bits per heavy atom. The molecule has 2 rings (SSSR count). The van der Waals surface area contributed by atoms with Crippen LogP contribution < -0.4 is 10.6 Å². The molecule has 2 aromatic rings. The highest BCUT2D eigenvalue weighted by Gasteiger charge is 2.02. The largest absolute Gasteiger partial charge is 0.467 e. The van der Waals surface area contributed by atoms with Crippen molar-refractivity contribution in [1.82, 2.24) is 10.6 Å². The van der Waals surface area contributed by atoms with Crippen molar-refractivity contribution in [2.24, 2.45) is 4.99 Å². The fourth-order valence-electron chi connectivity index (χ4n) is 1.42. The van der Waals surface area contributed by atoms with Gasteiger partial charge in [-0.2, -0.15) is 0 Å². The lowest BCUT2D eigenvalue weighted by Crippen LogP contribution is -2.36. The lowest BCUT2D eigenvalue weighted by atomic mass is 10.4. The minimum atomic E-state index is 0.573. The Labute approximate surface area is 113 Å². The second-order valence-corrected chi connectivity index (χ2v) is 4.35. The van der Waals surface area contributed by atoms with Crippen molar-refractivity contribution in [3.8, 4) is 0 Å². The van der Waals surface area contributed by atoms with Gasteiger partial charge in [0.1, 0.15) is 11.5 Å². The average molecular weight is 312 g/mol. The molecule has 0 unspecified atom stereocenters. The van der Waals surface area contributed by atoms with Crippen molar-refractivity contribution in [1.29, 1.82) is 0 Å². The maximum atomic E-state index is 5.38. The molecular formula is C12H14BrN3O2. The zero-order valence-electron chi connectivity index (χ0n) is 9.94. The Balaban J connectivity index is 1.79. The highest BCUT2D eigenvalue weighted by Crippen LogP contribution is 2.13. The summed E-state index contributed by atoms with van der Waals surface area (Å²) in [5.41, 5.74) is 0. The van der Waals surface area contributed by atoms with Crippen LogP contribution in [0.3, 0.4) is 0 Å². The fourth-order valence-corrected chi connectivity index (χ4v) is 1.76. The maximum absolute atomic E-state index is 5.38. The number of nitrogens with one attached hydrogen (secondary N) is 2. The van der Waals surface area contributed by atoms with E-state index in [-0.39, 0.29) is 0 Å². The maximum Gasteiger partial charge on any atom is 0.191 e. The second kappa shape index (κ2) is 6.30. The molecule has 0 spiro atoms. The van der Waals surface area contributed by atoms with Gasteiger partial charge < -0.3 is 19.5 Å². The number of halogens is 1. The van der Waals surface area contributed by atoms with Gasteiger partial charge in [-0.05, 0) is 40.2 Å². The number of rotatable bonds is 4. The van der Waals surface area contributed by atoms with E-state index in [1.807, 2.05) is 24.3 Å². The number of aliphatic imine (C=N–C) groups is 1. The van der Waals surface area contributed by atoms with E-state index in [1.165, 1.54) is 0 Å². The molecule has 0 radical (unpaired) electrons. The zero-order chi connectivity index (χ0) is 12.8. The molecule has 0 atom stereocenters. The van der Waals surface area contributed by atoms with Crippen molar-refractivity contribution in [3.05, 3.63) is 46.7 Å². The normalized spacial score (nSPS) is 11.6. The van der Waals surface area contributed by atoms with Crippen LogP contribution in [0.1, 0.15) is 11.5 Å². The Morgan fingerprint density at radius 3 is 2.56 bits per heavy atom. The van der Waals surface area contributed by atoms with E-state index >= 15 is 0 Å². The highest BCUT2D eigenvalue weighted by atomic mass is 79.9. The molecule has 5 nitrogen and oxygen atoms in total. The predicted octanol–water partition coefficient (Wildman–Crippen LogP) is 2.50. The lowest BCUT2D eigenvalue weighted by Gasteiger charge is -2.09. The molecular weight excluding hydrogens is 298 g/mol. The van der Waals surface area contributed by atoms with Crippen molar-refractivity contribution in [2.45, 2.75) is 13.1 Å². The summed E-state index contributed by atoms with van der Waals surface area (Å²) >= 11 is 3.26. The van der Waals surface area contributed by atoms with Gasteiger partial charge in [0, 0.05) is 7.05 Å². The number of nitrogens with zero attached hydrogens (tertiary/aromatic N) is 1. The van der Waals surface area contributed by atoms with Gasteiger partial charge in [-0.1, -0.05) is 0 Å². The Morgan fingerprint density at radius 2 is 2.00 bits per heavy atom. The summed E-state index contributed by atoms with van der Waals surface area (Å²) in [4.78, 5) is 4.11. The first kappa shape index (κ1) is 12.8. The van der Waals surface area contributed by atoms with E-state index in [9.17, 15) is 0 Å². The van der Waals surface area contributed by atoms with E-state index in [4.69, 9.17) is 8.83 Å². The molecule has 0 saturated heterocycles. The summed E-state index contributed by atoms with van der Waals surface area (Å²) in [5.74, 6) is 2.39. The smallest absolute Gasteiger partial charge is 0.191 e. The summed E-state index contributed by atoms with van der Waals surface area (Å²) < 4.78 is 11.3. The molecule has 6 heteroatoms. The van der Waals surface area contributed by atoms with Crippen molar-refractivity contribution in [2.75, 3.05) is 7.05 Å². The van der Waals surface area contributed by atoms with Crippen LogP contribution in [0.4, 0.5) is 0 Å². The Hall–Kier alpha value is -1.69. The van der Waals surface area contributed by atoms with Gasteiger partial charge in [0.25, 0.3) is 0 Å². The van der Waals surface area contributed by atoms with Gasteiger partial charge in [0.05, 0.1) is 19.4 Å². The average Bonchev–Trinajstić information content (AvgIpc) is 3.01. The molecule has 0 bridgehead atoms. The Kier molecular flexibility index (Phi) is 4.46. The summed E-state index contributed by atoms with van der Waals surface area (Å²) in [6, 6.07) is 7.52. The molecule has 2 heterocycles. The minimum Gasteiger partial charge on any atom is -0.467 e. The van der Waals surface area contributed by atoms with Crippen LogP contribution in [0.15, 0.2) is 49.0 Å². The fraction of sp³-hybridized carbons (Fsp3) is 0.250. The molecule has 0 saturated carbocycles. The minimum absolute atomic E-state index is 0.573. The van der Waals surface area contributed by atoms with Crippen LogP contribution in [-0.4, -0.2) is 13.0 Å². The first-order valence-corrected chi connectivity index (χ1v) is 6.28. The van der Waals surface area contributed by atoms with Crippen molar-refractivity contribution < 1.29 is 8.83 Å². The quantitative estimate of drug-likeness (QED) is 0.672. The molecule has 0 amide bonds. The van der Waals surface area contributed by atoms with E-state index in [2.05, 4.69) is 31.6 Å². The second-order valence-electron chi connectivity index (χ2n) is 3.56. The van der Waals surface area contributed by atoms with Crippen molar-refractivity contribution in [3.63, 3.8) is 0 Å². The van der Waals surface area contributed by atoms with Gasteiger partial charge in [0.2, 0.25) is 0 Å². The Bertz CT molecular complexity index is 505. The van der Waals surface area contributed by atoms with Gasteiger partial charge in [-0.25, -0.2) is 0 Å². The molecule has 2 N–H and O–H groups in total. The number of hydrogen-bond donors (Lipinski definition) is 2. The first-order chi connectivity index (χ1) is 8.78. The van der Waals surface area contributed by atoms with Gasteiger partial charge in [-0.15, -0.1) is 0 Å². The molecule has 0 aliphatic carbocycles. The van der Waals surface area contributed by atoms with Crippen LogP contribution in [0.5, 0.6) is 0 Å². The molecule has 0 aromatic carbocycles. The van der Waals surface area contributed by atoms with Crippen molar-refractivity contribution >= 4 is 21.9 Å². The molecule has 0 aliphatic rings. The van der Waals surface area contributed by atoms with E-state index in [0.29, 0.717) is 19.0 Å². The monoisotopic (exact) mass is 311 g/mol. The lowest BCUT2D eigenvalue weighted by molar-refractivity contribution is 0.479. The van der Waals surface area contributed by atoms with Gasteiger partial charge >= 0.3 is 0 Å². The van der Waals surface area contributed by atoms with Gasteiger partial charge in [-0.3, -0.25) is 4.99 Å². The van der Waals surface area contributed by atoms with Crippen LogP contribution in [0, 0.1) is 0 Å². The molecule has 2 aromatic heterocycles. The SMILES string of the molecule is CN=C(NCc1ccco1)NCc1ccc(Br)o1. The number of furan rings is 2. The summed E-state index contributed by atoms with van der Waals surface area (Å²) in [7, 11) is 1.72. The molecule has 18 heavy (non-hydrogen) atoms. The van der Waals surface area contributed by atoms with Crippen LogP contribution in [0.25, 0.3) is 0 Å². The first-order valence-electron chi connectivity index (χ1n) is 5.49. The third-order valence-electron chi connectivity index (χ3n) is 2.29. The van der Waals surface area contributed by atoms with E-state index in [1.54, 1.807) is 13.3 Å². The summed E-state index contributed by atoms with van der Waals surface area (Å²) in [5, 5.41) is 6.28. The summed E-state index contributed by atoms with van der Waals surface area (Å²) in [6.45, 7) is 1.16. The molecule has 0 aliphatic heterocycles. The van der Waals surface area contributed by atoms with Crippen LogP contribution in [0.2, 0.25) is 0 Å². The molecule has 0 fully saturated rings. The van der Waals surface area contributed by atoms with E-state index < -0.39 is 0 Å². The predicted molar refractivity (Wildman–Crippen MR) is 72.2 cm³/mol. The third-order valence-corrected chi connectivity index (χ3v) is 2.72. The highest BCUT2D eigenvalue weighted by molar-refractivity contribution is 9.10. The van der Waals surface area contributed by atoms with Crippen LogP contribution >= 0.6 is 15.9 Å². The standard InChI is InChI=1S/C12H14BrN3O2/c1-14-12(15-7-9-3-2-6-17-9)16-8-10-4-5-11(13)18-10/h2-6H,7-8H2,1H3,(H2,14,15,16). The number of hydrogen-bond acceptors (Lipinski definition) is 3. The number of guanidine groups is 1. The summed E-state index contributed by atoms with van der Waals surface area (Å²) in [6.07, 6.45) is 1.65. The van der Waals surface area contributed by atoms with E-state index in [0.717, 1.165) is 16.2 Å². The molecule has 96 valence electrons. The topological polar surface area (TPSA) is 62.7 Å². The van der Waals surface area contributed by atoms with Crippen LogP contribution in [-0.2, 0) is 13.1 Å². The third kappa shape index (κ3) is 3.66.